The van der Waals surface area contributed by atoms with Crippen LogP contribution in [0.15, 0.2) is 36.4 Å². The Bertz CT molecular complexity index is 911. The van der Waals surface area contributed by atoms with Crippen molar-refractivity contribution in [3.05, 3.63) is 53.3 Å². The molecule has 6 nitrogen and oxygen atoms in total. The minimum atomic E-state index is -0.603. The largest absolute Gasteiger partial charge is 0.508 e. The van der Waals surface area contributed by atoms with Gasteiger partial charge in [-0.05, 0) is 48.9 Å². The second-order valence-corrected chi connectivity index (χ2v) is 7.35. The van der Waals surface area contributed by atoms with Crippen molar-refractivity contribution >= 4 is 23.4 Å². The van der Waals surface area contributed by atoms with Crippen molar-refractivity contribution in [2.75, 3.05) is 10.6 Å². The first-order chi connectivity index (χ1) is 12.7. The maximum atomic E-state index is 13.2. The number of benzene rings is 2. The normalized spacial score (nSPS) is 18.1. The summed E-state index contributed by atoms with van der Waals surface area (Å²) in [6.45, 7) is 5.45. The molecule has 0 saturated carbocycles. The number of anilines is 2. The van der Waals surface area contributed by atoms with Crippen molar-refractivity contribution in [2.45, 2.75) is 33.3 Å². The first-order valence-electron chi connectivity index (χ1n) is 8.52. The molecule has 1 aliphatic heterocycles. The molecule has 0 bridgehead atoms. The topological polar surface area (TPSA) is 87.7 Å². The number of aryl methyl sites for hydroxylation is 1. The van der Waals surface area contributed by atoms with Crippen LogP contribution in [0.2, 0.25) is 0 Å². The third-order valence-electron chi connectivity index (χ3n) is 4.56. The summed E-state index contributed by atoms with van der Waals surface area (Å²) in [5, 5.41) is 15.5. The van der Waals surface area contributed by atoms with Crippen LogP contribution in [0.4, 0.5) is 20.6 Å². The van der Waals surface area contributed by atoms with Crippen LogP contribution in [0.25, 0.3) is 0 Å². The zero-order valence-electron chi connectivity index (χ0n) is 15.3. The van der Waals surface area contributed by atoms with E-state index in [4.69, 9.17) is 4.74 Å². The molecule has 7 heteroatoms. The number of cyclic esters (lactones) is 1. The number of urea groups is 1. The van der Waals surface area contributed by atoms with Gasteiger partial charge >= 0.3 is 12.0 Å². The third kappa shape index (κ3) is 4.02. The minimum absolute atomic E-state index is 0.0110. The Hall–Kier alpha value is -3.09. The lowest BCUT2D eigenvalue weighted by molar-refractivity contribution is -0.142. The molecule has 2 aromatic carbocycles. The Balaban J connectivity index is 1.78. The van der Waals surface area contributed by atoms with Crippen molar-refractivity contribution in [1.82, 2.24) is 0 Å². The molecule has 0 spiro atoms. The summed E-state index contributed by atoms with van der Waals surface area (Å²) in [5.74, 6) is -0.717. The number of carbonyl (C=O) groups is 2. The van der Waals surface area contributed by atoms with E-state index < -0.39 is 17.6 Å². The standard InChI is InChI=1S/C20H21FN2O4/c1-11-8-12(21)4-6-15(11)23-19(26)22-13-5-7-16(24)14(9-13)18-20(2,3)10-17(25)27-18/h4-9,18,24H,10H2,1-3H3,(H2,22,23,26). The van der Waals surface area contributed by atoms with Crippen LogP contribution in [0, 0.1) is 18.2 Å². The van der Waals surface area contributed by atoms with E-state index in [9.17, 15) is 19.1 Å². The monoisotopic (exact) mass is 372 g/mol. The van der Waals surface area contributed by atoms with Gasteiger partial charge in [0, 0.05) is 22.4 Å². The number of esters is 1. The Labute approximate surface area is 156 Å². The van der Waals surface area contributed by atoms with E-state index in [0.717, 1.165) is 0 Å². The lowest BCUT2D eigenvalue weighted by Gasteiger charge is -2.25. The minimum Gasteiger partial charge on any atom is -0.508 e. The predicted molar refractivity (Wildman–Crippen MR) is 99.1 cm³/mol. The lowest BCUT2D eigenvalue weighted by Crippen LogP contribution is -2.21. The molecule has 3 rings (SSSR count). The summed E-state index contributed by atoms with van der Waals surface area (Å²) >= 11 is 0. The van der Waals surface area contributed by atoms with Gasteiger partial charge in [-0.2, -0.15) is 0 Å². The summed E-state index contributed by atoms with van der Waals surface area (Å²) < 4.78 is 18.5. The number of ether oxygens (including phenoxy) is 1. The van der Waals surface area contributed by atoms with Crippen molar-refractivity contribution in [2.24, 2.45) is 5.41 Å². The number of phenols is 1. The van der Waals surface area contributed by atoms with E-state index in [-0.39, 0.29) is 24.0 Å². The SMILES string of the molecule is Cc1cc(F)ccc1NC(=O)Nc1ccc(O)c(C2OC(=O)CC2(C)C)c1. The van der Waals surface area contributed by atoms with Crippen molar-refractivity contribution in [3.8, 4) is 5.75 Å². The quantitative estimate of drug-likeness (QED) is 0.547. The average Bonchev–Trinajstić information content (AvgIpc) is 2.84. The van der Waals surface area contributed by atoms with Gasteiger partial charge in [0.1, 0.15) is 17.7 Å². The Morgan fingerprint density at radius 3 is 2.59 bits per heavy atom. The van der Waals surface area contributed by atoms with Gasteiger partial charge in [-0.1, -0.05) is 13.8 Å². The van der Waals surface area contributed by atoms with E-state index in [1.807, 2.05) is 13.8 Å². The molecular formula is C20H21FN2O4. The summed E-state index contributed by atoms with van der Waals surface area (Å²) in [5.41, 5.74) is 1.47. The number of nitrogens with one attached hydrogen (secondary N) is 2. The molecule has 27 heavy (non-hydrogen) atoms. The summed E-state index contributed by atoms with van der Waals surface area (Å²) in [6, 6.07) is 8.12. The highest BCUT2D eigenvalue weighted by Gasteiger charge is 2.43. The molecule has 1 fully saturated rings. The maximum absolute atomic E-state index is 13.2. The summed E-state index contributed by atoms with van der Waals surface area (Å²) in [6.07, 6.45) is -0.354. The molecule has 142 valence electrons. The fraction of sp³-hybridized carbons (Fsp3) is 0.300. The third-order valence-corrected chi connectivity index (χ3v) is 4.56. The van der Waals surface area contributed by atoms with Crippen molar-refractivity contribution in [1.29, 1.82) is 0 Å². The van der Waals surface area contributed by atoms with Crippen LogP contribution >= 0.6 is 0 Å². The zero-order valence-corrected chi connectivity index (χ0v) is 15.3. The second kappa shape index (κ2) is 6.90. The number of phenolic OH excluding ortho intramolecular Hbond substituents is 1. The molecule has 1 unspecified atom stereocenters. The van der Waals surface area contributed by atoms with Gasteiger partial charge in [-0.3, -0.25) is 4.79 Å². The molecule has 1 heterocycles. The molecular weight excluding hydrogens is 351 g/mol. The zero-order chi connectivity index (χ0) is 19.8. The number of carbonyl (C=O) groups excluding carboxylic acids is 2. The van der Waals surface area contributed by atoms with Crippen LogP contribution in [-0.2, 0) is 9.53 Å². The van der Waals surface area contributed by atoms with Crippen molar-refractivity contribution < 1.29 is 23.8 Å². The molecule has 0 aromatic heterocycles. The lowest BCUT2D eigenvalue weighted by atomic mass is 9.81. The van der Waals surface area contributed by atoms with Gasteiger partial charge < -0.3 is 20.5 Å². The highest BCUT2D eigenvalue weighted by molar-refractivity contribution is 6.00. The van der Waals surface area contributed by atoms with Crippen LogP contribution in [0.3, 0.4) is 0 Å². The molecule has 1 atom stereocenters. The summed E-state index contributed by atoms with van der Waals surface area (Å²) in [7, 11) is 0. The number of aromatic hydroxyl groups is 1. The molecule has 0 aliphatic carbocycles. The van der Waals surface area contributed by atoms with Gasteiger partial charge in [-0.15, -0.1) is 0 Å². The Morgan fingerprint density at radius 2 is 1.96 bits per heavy atom. The molecule has 2 amide bonds. The first-order valence-corrected chi connectivity index (χ1v) is 8.52. The highest BCUT2D eigenvalue weighted by Crippen LogP contribution is 2.48. The van der Waals surface area contributed by atoms with Crippen LogP contribution < -0.4 is 10.6 Å². The number of halogens is 1. The smallest absolute Gasteiger partial charge is 0.323 e. The maximum Gasteiger partial charge on any atom is 0.323 e. The molecule has 0 radical (unpaired) electrons. The van der Waals surface area contributed by atoms with E-state index in [2.05, 4.69) is 10.6 Å². The number of hydrogen-bond donors (Lipinski definition) is 3. The molecule has 1 saturated heterocycles. The number of hydrogen-bond acceptors (Lipinski definition) is 4. The van der Waals surface area contributed by atoms with E-state index in [1.165, 1.54) is 24.3 Å². The van der Waals surface area contributed by atoms with Gasteiger partial charge in [0.25, 0.3) is 0 Å². The van der Waals surface area contributed by atoms with Crippen LogP contribution in [-0.4, -0.2) is 17.1 Å². The fourth-order valence-corrected chi connectivity index (χ4v) is 3.18. The Kier molecular flexibility index (Phi) is 4.78. The van der Waals surface area contributed by atoms with Crippen molar-refractivity contribution in [3.63, 3.8) is 0 Å². The molecule has 2 aromatic rings. The summed E-state index contributed by atoms with van der Waals surface area (Å²) in [4.78, 5) is 23.9. The highest BCUT2D eigenvalue weighted by atomic mass is 19.1. The first kappa shape index (κ1) is 18.7. The average molecular weight is 372 g/mol. The van der Waals surface area contributed by atoms with Crippen LogP contribution in [0.1, 0.15) is 37.5 Å². The van der Waals surface area contributed by atoms with E-state index in [1.54, 1.807) is 19.1 Å². The second-order valence-electron chi connectivity index (χ2n) is 7.35. The van der Waals surface area contributed by atoms with Crippen LogP contribution in [0.5, 0.6) is 5.75 Å². The molecule has 1 aliphatic rings. The van der Waals surface area contributed by atoms with Gasteiger partial charge in [0.05, 0.1) is 6.42 Å². The van der Waals surface area contributed by atoms with E-state index >= 15 is 0 Å². The fourth-order valence-electron chi connectivity index (χ4n) is 3.18. The number of amides is 2. The number of rotatable bonds is 3. The van der Waals surface area contributed by atoms with Gasteiger partial charge in [0.15, 0.2) is 0 Å². The predicted octanol–water partition coefficient (Wildman–Crippen LogP) is 4.50. The van der Waals surface area contributed by atoms with Gasteiger partial charge in [0.2, 0.25) is 0 Å². The van der Waals surface area contributed by atoms with Gasteiger partial charge in [-0.25, -0.2) is 9.18 Å². The molecule has 3 N–H and O–H groups in total. The Morgan fingerprint density at radius 1 is 1.22 bits per heavy atom. The van der Waals surface area contributed by atoms with E-state index in [0.29, 0.717) is 22.5 Å².